The van der Waals surface area contributed by atoms with E-state index in [0.717, 1.165) is 5.75 Å². The summed E-state index contributed by atoms with van der Waals surface area (Å²) in [6, 6.07) is 7.52. The second-order valence-electron chi connectivity index (χ2n) is 6.68. The molecule has 1 aromatic rings. The van der Waals surface area contributed by atoms with Crippen LogP contribution in [0.3, 0.4) is 0 Å². The summed E-state index contributed by atoms with van der Waals surface area (Å²) in [7, 11) is 0. The van der Waals surface area contributed by atoms with Gasteiger partial charge in [0.15, 0.2) is 17.6 Å². The van der Waals surface area contributed by atoms with Crippen molar-refractivity contribution in [1.82, 2.24) is 5.32 Å². The van der Waals surface area contributed by atoms with Gasteiger partial charge in [-0.2, -0.15) is 0 Å². The van der Waals surface area contributed by atoms with Gasteiger partial charge < -0.3 is 24.7 Å². The zero-order valence-electron chi connectivity index (χ0n) is 14.2. The quantitative estimate of drug-likeness (QED) is 0.619. The lowest BCUT2D eigenvalue weighted by Crippen LogP contribution is -2.42. The predicted octanol–water partition coefficient (Wildman–Crippen LogP) is 1.97. The summed E-state index contributed by atoms with van der Waals surface area (Å²) in [5.74, 6) is 1.44. The number of rotatable bonds is 6. The normalized spacial score (nSPS) is 19.3. The Kier molecular flexibility index (Phi) is 5.85. The third-order valence-corrected chi connectivity index (χ3v) is 3.32. The molecule has 0 saturated carbocycles. The molecule has 1 heterocycles. The number of ether oxygens (including phenoxy) is 2. The molecule has 6 nitrogen and oxygen atoms in total. The first-order chi connectivity index (χ1) is 10.8. The highest BCUT2D eigenvalue weighted by atomic mass is 16.6. The average Bonchev–Trinajstić information content (AvgIpc) is 2.51. The highest BCUT2D eigenvalue weighted by molar-refractivity contribution is 5.86. The van der Waals surface area contributed by atoms with Crippen LogP contribution in [0.2, 0.25) is 0 Å². The van der Waals surface area contributed by atoms with Crippen molar-refractivity contribution < 1.29 is 19.4 Å². The molecule has 2 unspecified atom stereocenters. The number of nitrogens with one attached hydrogen (secondary N) is 1. The smallest absolute Gasteiger partial charge is 0.174 e. The lowest BCUT2D eigenvalue weighted by Gasteiger charge is -2.26. The Morgan fingerprint density at radius 2 is 2.09 bits per heavy atom. The van der Waals surface area contributed by atoms with E-state index in [1.807, 2.05) is 52.0 Å². The monoisotopic (exact) mass is 322 g/mol. The van der Waals surface area contributed by atoms with Crippen molar-refractivity contribution in [2.75, 3.05) is 19.8 Å². The van der Waals surface area contributed by atoms with E-state index in [9.17, 15) is 5.11 Å². The van der Waals surface area contributed by atoms with Crippen LogP contribution in [0.5, 0.6) is 11.5 Å². The first-order valence-electron chi connectivity index (χ1n) is 7.83. The highest BCUT2D eigenvalue weighted by Crippen LogP contribution is 2.31. The predicted molar refractivity (Wildman–Crippen MR) is 89.2 cm³/mol. The van der Waals surface area contributed by atoms with E-state index in [1.54, 1.807) is 0 Å². The SMILES string of the molecule is C/C(=N\OCC(O)CNC(C)(C)C)C1COc2ccccc2O1. The van der Waals surface area contributed by atoms with Crippen molar-refractivity contribution >= 4 is 5.71 Å². The van der Waals surface area contributed by atoms with Gasteiger partial charge in [0, 0.05) is 12.1 Å². The van der Waals surface area contributed by atoms with E-state index < -0.39 is 6.10 Å². The van der Waals surface area contributed by atoms with Gasteiger partial charge >= 0.3 is 0 Å². The number of benzene rings is 1. The fourth-order valence-electron chi connectivity index (χ4n) is 1.99. The van der Waals surface area contributed by atoms with E-state index >= 15 is 0 Å². The Morgan fingerprint density at radius 3 is 2.78 bits per heavy atom. The van der Waals surface area contributed by atoms with Crippen molar-refractivity contribution in [3.05, 3.63) is 24.3 Å². The highest BCUT2D eigenvalue weighted by Gasteiger charge is 2.23. The maximum absolute atomic E-state index is 9.85. The first-order valence-corrected chi connectivity index (χ1v) is 7.83. The number of nitrogens with zero attached hydrogens (tertiary/aromatic N) is 1. The lowest BCUT2D eigenvalue weighted by molar-refractivity contribution is 0.0347. The largest absolute Gasteiger partial charge is 0.485 e. The van der Waals surface area contributed by atoms with Gasteiger partial charge in [-0.05, 0) is 39.8 Å². The number of β-amino-alcohol motifs (C(OH)–C–C–N with tert-alkyl or cyclic N) is 1. The molecule has 0 saturated heterocycles. The molecular formula is C17H26N2O4. The Balaban J connectivity index is 1.78. The van der Waals surface area contributed by atoms with Crippen molar-refractivity contribution in [2.45, 2.75) is 45.4 Å². The summed E-state index contributed by atoms with van der Waals surface area (Å²) in [4.78, 5) is 5.23. The molecule has 128 valence electrons. The molecule has 0 aliphatic carbocycles. The van der Waals surface area contributed by atoms with Gasteiger partial charge in [-0.3, -0.25) is 0 Å². The third-order valence-electron chi connectivity index (χ3n) is 3.32. The van der Waals surface area contributed by atoms with Crippen molar-refractivity contribution in [3.63, 3.8) is 0 Å². The molecule has 0 spiro atoms. The van der Waals surface area contributed by atoms with Crippen LogP contribution in [-0.4, -0.2) is 48.3 Å². The molecular weight excluding hydrogens is 296 g/mol. The van der Waals surface area contributed by atoms with Gasteiger partial charge in [0.05, 0.1) is 5.71 Å². The second kappa shape index (κ2) is 7.66. The van der Waals surface area contributed by atoms with Gasteiger partial charge in [0.25, 0.3) is 0 Å². The molecule has 0 bridgehead atoms. The summed E-state index contributed by atoms with van der Waals surface area (Å²) in [6.45, 7) is 8.92. The van der Waals surface area contributed by atoms with Gasteiger partial charge in [-0.1, -0.05) is 17.3 Å². The van der Waals surface area contributed by atoms with Gasteiger partial charge in [-0.15, -0.1) is 0 Å². The first kappa shape index (κ1) is 17.6. The summed E-state index contributed by atoms with van der Waals surface area (Å²) in [5.41, 5.74) is 0.636. The summed E-state index contributed by atoms with van der Waals surface area (Å²) in [6.07, 6.45) is -0.898. The number of hydrogen-bond donors (Lipinski definition) is 2. The van der Waals surface area contributed by atoms with E-state index in [-0.39, 0.29) is 18.2 Å². The van der Waals surface area contributed by atoms with Crippen LogP contribution >= 0.6 is 0 Å². The third kappa shape index (κ3) is 5.73. The molecule has 0 radical (unpaired) electrons. The number of oxime groups is 1. The van der Waals surface area contributed by atoms with Crippen LogP contribution in [0.25, 0.3) is 0 Å². The summed E-state index contributed by atoms with van der Waals surface area (Å²) in [5, 5.41) is 17.1. The standard InChI is InChI=1S/C17H26N2O4/c1-12(19-22-10-13(20)9-18-17(2,3)4)16-11-21-14-7-5-6-8-15(14)23-16/h5-8,13,16,18,20H,9-11H2,1-4H3/b19-12+. The molecule has 1 aliphatic heterocycles. The zero-order valence-corrected chi connectivity index (χ0v) is 14.2. The molecule has 2 atom stereocenters. The number of para-hydroxylation sites is 2. The molecule has 23 heavy (non-hydrogen) atoms. The minimum atomic E-state index is -0.616. The van der Waals surface area contributed by atoms with Crippen molar-refractivity contribution in [3.8, 4) is 11.5 Å². The molecule has 0 aromatic heterocycles. The molecule has 1 aliphatic rings. The Labute approximate surface area is 137 Å². The lowest BCUT2D eigenvalue weighted by atomic mass is 10.1. The van der Waals surface area contributed by atoms with Crippen LogP contribution in [0.4, 0.5) is 0 Å². The topological polar surface area (TPSA) is 72.3 Å². The fraction of sp³-hybridized carbons (Fsp3) is 0.588. The van der Waals surface area contributed by atoms with Crippen molar-refractivity contribution in [1.29, 1.82) is 0 Å². The molecule has 6 heteroatoms. The number of hydrogen-bond acceptors (Lipinski definition) is 6. The van der Waals surface area contributed by atoms with E-state index in [4.69, 9.17) is 14.3 Å². The van der Waals surface area contributed by atoms with E-state index in [2.05, 4.69) is 10.5 Å². The van der Waals surface area contributed by atoms with E-state index in [1.165, 1.54) is 0 Å². The van der Waals surface area contributed by atoms with Crippen LogP contribution in [-0.2, 0) is 4.84 Å². The average molecular weight is 322 g/mol. The Bertz CT molecular complexity index is 540. The van der Waals surface area contributed by atoms with Crippen LogP contribution in [0, 0.1) is 0 Å². The molecule has 2 N–H and O–H groups in total. The van der Waals surface area contributed by atoms with E-state index in [0.29, 0.717) is 24.6 Å². The molecule has 2 rings (SSSR count). The maximum atomic E-state index is 9.85. The number of fused-ring (bicyclic) bond motifs is 1. The summed E-state index contributed by atoms with van der Waals surface area (Å²) < 4.78 is 11.5. The summed E-state index contributed by atoms with van der Waals surface area (Å²) >= 11 is 0. The molecule has 0 amide bonds. The molecule has 0 fully saturated rings. The zero-order chi connectivity index (χ0) is 16.9. The Morgan fingerprint density at radius 1 is 1.39 bits per heavy atom. The van der Waals surface area contributed by atoms with Crippen molar-refractivity contribution in [2.24, 2.45) is 5.16 Å². The van der Waals surface area contributed by atoms with Gasteiger partial charge in [0.1, 0.15) is 19.3 Å². The second-order valence-corrected chi connectivity index (χ2v) is 6.68. The maximum Gasteiger partial charge on any atom is 0.174 e. The minimum absolute atomic E-state index is 0.0408. The molecule has 1 aromatic carbocycles. The number of aliphatic hydroxyl groups excluding tert-OH is 1. The fourth-order valence-corrected chi connectivity index (χ4v) is 1.99. The van der Waals surface area contributed by atoms with Gasteiger partial charge in [0.2, 0.25) is 0 Å². The van der Waals surface area contributed by atoms with Gasteiger partial charge in [-0.25, -0.2) is 0 Å². The van der Waals surface area contributed by atoms with Crippen LogP contribution < -0.4 is 14.8 Å². The van der Waals surface area contributed by atoms with Crippen LogP contribution in [0.1, 0.15) is 27.7 Å². The van der Waals surface area contributed by atoms with Crippen LogP contribution in [0.15, 0.2) is 29.4 Å². The Hall–Kier alpha value is -1.79. The number of aliphatic hydroxyl groups is 1. The minimum Gasteiger partial charge on any atom is -0.485 e.